The monoisotopic (exact) mass is 295 g/mol. The Morgan fingerprint density at radius 2 is 2.33 bits per heavy atom. The molecule has 6 N–H and O–H groups in total. The molecule has 2 fully saturated rings. The summed E-state index contributed by atoms with van der Waals surface area (Å²) in [6.07, 6.45) is -1.40. The maximum atomic E-state index is 11.7. The van der Waals surface area contributed by atoms with E-state index in [1.54, 1.807) is 0 Å². The Kier molecular flexibility index (Phi) is 2.30. The van der Waals surface area contributed by atoms with E-state index in [1.807, 2.05) is 0 Å². The number of anilines is 1. The van der Waals surface area contributed by atoms with E-state index in [4.69, 9.17) is 15.6 Å². The number of H-pyrrole nitrogens is 1. The van der Waals surface area contributed by atoms with Crippen LogP contribution in [-0.2, 0) is 4.74 Å². The zero-order valence-corrected chi connectivity index (χ0v) is 10.7. The molecule has 10 nitrogen and oxygen atoms in total. The molecule has 112 valence electrons. The number of aromatic nitrogens is 4. The van der Waals surface area contributed by atoms with Gasteiger partial charge < -0.3 is 30.4 Å². The molecule has 10 heteroatoms. The first kappa shape index (κ1) is 12.7. The molecule has 0 spiro atoms. The van der Waals surface area contributed by atoms with Gasteiger partial charge in [0.2, 0.25) is 5.95 Å². The van der Waals surface area contributed by atoms with E-state index in [9.17, 15) is 15.0 Å². The zero-order chi connectivity index (χ0) is 14.9. The average molecular weight is 295 g/mol. The summed E-state index contributed by atoms with van der Waals surface area (Å²) >= 11 is 0. The molecule has 2 aromatic heterocycles. The third-order valence-corrected chi connectivity index (χ3v) is 4.18. The second kappa shape index (κ2) is 3.80. The van der Waals surface area contributed by atoms with Crippen LogP contribution in [0.2, 0.25) is 0 Å². The van der Waals surface area contributed by atoms with Gasteiger partial charge >= 0.3 is 0 Å². The first-order chi connectivity index (χ1) is 9.98. The predicted molar refractivity (Wildman–Crippen MR) is 68.3 cm³/mol. The zero-order valence-electron chi connectivity index (χ0n) is 10.7. The highest BCUT2D eigenvalue weighted by molar-refractivity contribution is 5.71. The van der Waals surface area contributed by atoms with E-state index >= 15 is 0 Å². The Bertz CT molecular complexity index is 787. The Morgan fingerprint density at radius 1 is 1.57 bits per heavy atom. The van der Waals surface area contributed by atoms with Crippen LogP contribution in [-0.4, -0.2) is 65.4 Å². The summed E-state index contributed by atoms with van der Waals surface area (Å²) in [4.78, 5) is 22.0. The minimum atomic E-state index is -1.53. The summed E-state index contributed by atoms with van der Waals surface area (Å²) in [5.41, 5.74) is 3.80. The minimum Gasteiger partial charge on any atom is -0.394 e. The van der Waals surface area contributed by atoms with Crippen molar-refractivity contribution < 1.29 is 20.1 Å². The van der Waals surface area contributed by atoms with Crippen molar-refractivity contribution in [3.63, 3.8) is 0 Å². The van der Waals surface area contributed by atoms with Crippen LogP contribution in [0.1, 0.15) is 6.04 Å². The highest BCUT2D eigenvalue weighted by Gasteiger charge is 2.77. The van der Waals surface area contributed by atoms with Gasteiger partial charge in [-0.05, 0) is 0 Å². The number of fused-ring (bicyclic) bond motifs is 2. The molecule has 0 aromatic carbocycles. The van der Waals surface area contributed by atoms with Crippen molar-refractivity contribution in [1.82, 2.24) is 19.5 Å². The van der Waals surface area contributed by atoms with E-state index in [0.717, 1.165) is 0 Å². The van der Waals surface area contributed by atoms with Gasteiger partial charge in [-0.25, -0.2) is 4.98 Å². The van der Waals surface area contributed by atoms with Crippen LogP contribution in [0.15, 0.2) is 11.1 Å². The van der Waals surface area contributed by atoms with Gasteiger partial charge in [0, 0.05) is 0 Å². The summed E-state index contributed by atoms with van der Waals surface area (Å²) in [7, 11) is 0. The third kappa shape index (κ3) is 1.42. The number of nitrogens with one attached hydrogen (secondary N) is 1. The molecule has 0 bridgehead atoms. The van der Waals surface area contributed by atoms with Gasteiger partial charge in [-0.1, -0.05) is 0 Å². The first-order valence-corrected chi connectivity index (χ1v) is 6.37. The van der Waals surface area contributed by atoms with E-state index in [1.165, 1.54) is 10.9 Å². The van der Waals surface area contributed by atoms with Crippen molar-refractivity contribution in [3.8, 4) is 0 Å². The van der Waals surface area contributed by atoms with Crippen molar-refractivity contribution in [2.75, 3.05) is 12.3 Å². The molecule has 21 heavy (non-hydrogen) atoms. The third-order valence-electron chi connectivity index (χ3n) is 4.18. The molecule has 2 aromatic rings. The average Bonchev–Trinajstić information content (AvgIpc) is 2.74. The lowest BCUT2D eigenvalue weighted by Crippen LogP contribution is -2.39. The van der Waals surface area contributed by atoms with Gasteiger partial charge in [-0.15, -0.1) is 0 Å². The van der Waals surface area contributed by atoms with Crippen molar-refractivity contribution >= 4 is 17.1 Å². The lowest BCUT2D eigenvalue weighted by molar-refractivity contribution is -0.0612. The van der Waals surface area contributed by atoms with E-state index in [2.05, 4.69) is 15.0 Å². The van der Waals surface area contributed by atoms with Crippen LogP contribution >= 0.6 is 0 Å². The van der Waals surface area contributed by atoms with E-state index < -0.39 is 35.5 Å². The summed E-state index contributed by atoms with van der Waals surface area (Å²) in [5, 5.41) is 29.6. The fourth-order valence-electron chi connectivity index (χ4n) is 3.09. The molecule has 1 aliphatic carbocycles. The Hall–Kier alpha value is -2.01. The normalized spacial score (nSPS) is 37.9. The first-order valence-electron chi connectivity index (χ1n) is 6.37. The summed E-state index contributed by atoms with van der Waals surface area (Å²) in [6, 6.07) is -0.631. The molecule has 3 heterocycles. The molecule has 1 aliphatic heterocycles. The van der Waals surface area contributed by atoms with Gasteiger partial charge in [-0.2, -0.15) is 4.98 Å². The predicted octanol–water partition coefficient (Wildman–Crippen LogP) is -2.89. The number of aliphatic hydroxyl groups is 3. The lowest BCUT2D eigenvalue weighted by atomic mass is 10.1. The Morgan fingerprint density at radius 3 is 2.95 bits per heavy atom. The second-order valence-corrected chi connectivity index (χ2v) is 5.33. The van der Waals surface area contributed by atoms with Gasteiger partial charge in [0.1, 0.15) is 23.9 Å². The Labute approximate surface area is 116 Å². The van der Waals surface area contributed by atoms with Crippen molar-refractivity contribution in [1.29, 1.82) is 0 Å². The highest BCUT2D eigenvalue weighted by Crippen LogP contribution is 2.58. The largest absolute Gasteiger partial charge is 0.394 e. The molecule has 3 unspecified atom stereocenters. The number of hydrogen-bond acceptors (Lipinski definition) is 8. The van der Waals surface area contributed by atoms with Gasteiger partial charge in [0.15, 0.2) is 11.2 Å². The fourth-order valence-corrected chi connectivity index (χ4v) is 3.09. The maximum absolute atomic E-state index is 11.7. The number of aliphatic hydroxyl groups excluding tert-OH is 2. The van der Waals surface area contributed by atoms with Gasteiger partial charge in [0.05, 0.1) is 19.0 Å². The maximum Gasteiger partial charge on any atom is 0.280 e. The van der Waals surface area contributed by atoms with Crippen LogP contribution in [0, 0.1) is 0 Å². The summed E-state index contributed by atoms with van der Waals surface area (Å²) < 4.78 is 6.86. The minimum absolute atomic E-state index is 0.0678. The molecule has 0 radical (unpaired) electrons. The standard InChI is InChI=1S/C11H13N5O5/c12-10-14-8-4(9(19)15-10)13-2-16(8)5-7-11(5,20)6(18)3(1-17)21-7/h2-3,5-7,17-18,20H,1H2,(H3,12,14,15,19)/t3-,5-,6?,7?,11?/m1/s1. The van der Waals surface area contributed by atoms with E-state index in [0.29, 0.717) is 0 Å². The lowest BCUT2D eigenvalue weighted by Gasteiger charge is -2.21. The number of aromatic amines is 1. The molecular formula is C11H13N5O5. The van der Waals surface area contributed by atoms with Crippen molar-refractivity contribution in [2.45, 2.75) is 30.0 Å². The van der Waals surface area contributed by atoms with Crippen molar-refractivity contribution in [3.05, 3.63) is 16.7 Å². The number of nitrogen functional groups attached to an aromatic ring is 1. The second-order valence-electron chi connectivity index (χ2n) is 5.33. The van der Waals surface area contributed by atoms with Crippen molar-refractivity contribution in [2.24, 2.45) is 0 Å². The van der Waals surface area contributed by atoms with E-state index in [-0.39, 0.29) is 23.7 Å². The molecular weight excluding hydrogens is 282 g/mol. The SMILES string of the molecule is Nc1nc2c(ncn2[C@@H]2C3O[C@H](CO)C(O)C32O)c(=O)[nH]1. The van der Waals surface area contributed by atoms with Crippen LogP contribution in [0.3, 0.4) is 0 Å². The van der Waals surface area contributed by atoms with Crippen LogP contribution in [0.5, 0.6) is 0 Å². The smallest absolute Gasteiger partial charge is 0.280 e. The summed E-state index contributed by atoms with van der Waals surface area (Å²) in [5.74, 6) is -0.0678. The topological polar surface area (TPSA) is 160 Å². The van der Waals surface area contributed by atoms with Gasteiger partial charge in [0.25, 0.3) is 5.56 Å². The van der Waals surface area contributed by atoms with Crippen LogP contribution in [0.25, 0.3) is 11.2 Å². The Balaban J connectivity index is 1.79. The fraction of sp³-hybridized carbons (Fsp3) is 0.545. The molecule has 4 rings (SSSR count). The molecule has 1 saturated heterocycles. The molecule has 2 aliphatic rings. The number of hydrogen-bond donors (Lipinski definition) is 5. The number of ether oxygens (including phenoxy) is 1. The number of nitrogens with two attached hydrogens (primary N) is 1. The van der Waals surface area contributed by atoms with Crippen LogP contribution < -0.4 is 11.3 Å². The quantitative estimate of drug-likeness (QED) is 0.394. The molecule has 5 atom stereocenters. The number of imidazole rings is 1. The number of rotatable bonds is 2. The molecule has 0 amide bonds. The number of nitrogens with zero attached hydrogens (tertiary/aromatic N) is 3. The van der Waals surface area contributed by atoms with Crippen LogP contribution in [0.4, 0.5) is 5.95 Å². The van der Waals surface area contributed by atoms with Gasteiger partial charge in [-0.3, -0.25) is 9.78 Å². The highest BCUT2D eigenvalue weighted by atomic mass is 16.6. The summed E-state index contributed by atoms with van der Waals surface area (Å²) in [6.45, 7) is -0.387. The molecule has 1 saturated carbocycles.